The fraction of sp³-hybridized carbons (Fsp3) is 0.388. The van der Waals surface area contributed by atoms with Gasteiger partial charge in [0.1, 0.15) is 29.2 Å². The number of likely N-dealkylation sites (tertiary alicyclic amines) is 1. The Hall–Kier alpha value is -6.11. The smallest absolute Gasteiger partial charge is 0.304 e. The van der Waals surface area contributed by atoms with Gasteiger partial charge in [-0.3, -0.25) is 19.2 Å². The number of rotatable bonds is 20. The molecule has 5 aromatic rings. The zero-order valence-electron chi connectivity index (χ0n) is 38.6. The number of carbonyl (C=O) groups excluding carboxylic acids is 3. The highest BCUT2D eigenvalue weighted by Crippen LogP contribution is 2.35. The maximum atomic E-state index is 15.6. The van der Waals surface area contributed by atoms with E-state index in [9.17, 15) is 34.6 Å². The molecule has 362 valence electrons. The van der Waals surface area contributed by atoms with Crippen LogP contribution >= 0.6 is 23.2 Å². The van der Waals surface area contributed by atoms with Crippen LogP contribution in [0, 0.1) is 16.9 Å². The third-order valence-corrected chi connectivity index (χ3v) is 12.8. The van der Waals surface area contributed by atoms with E-state index in [0.29, 0.717) is 34.9 Å². The largest absolute Gasteiger partial charge is 0.619 e. The van der Waals surface area contributed by atoms with Gasteiger partial charge in [0, 0.05) is 73.5 Å². The van der Waals surface area contributed by atoms with E-state index < -0.39 is 66.1 Å². The lowest BCUT2D eigenvalue weighted by molar-refractivity contribution is -0.614. The Labute approximate surface area is 404 Å². The van der Waals surface area contributed by atoms with Gasteiger partial charge in [-0.15, -0.1) is 0 Å². The number of benzene rings is 3. The zero-order chi connectivity index (χ0) is 49.3. The molecule has 19 heteroatoms. The minimum atomic E-state index is -1.42. The Morgan fingerprint density at radius 2 is 1.75 bits per heavy atom. The summed E-state index contributed by atoms with van der Waals surface area (Å²) in [4.78, 5) is 63.9. The van der Waals surface area contributed by atoms with E-state index in [-0.39, 0.29) is 54.5 Å². The summed E-state index contributed by atoms with van der Waals surface area (Å²) >= 11 is 12.5. The predicted molar refractivity (Wildman–Crippen MR) is 254 cm³/mol. The number of aliphatic carboxylic acids is 1. The number of amides is 3. The first kappa shape index (κ1) is 51.3. The molecule has 0 radical (unpaired) electrons. The topological polar surface area (TPSA) is 197 Å². The quantitative estimate of drug-likeness (QED) is 0.0579. The fourth-order valence-electron chi connectivity index (χ4n) is 8.52. The van der Waals surface area contributed by atoms with Crippen LogP contribution in [-0.4, -0.2) is 117 Å². The lowest BCUT2D eigenvalue weighted by atomic mass is 9.80. The van der Waals surface area contributed by atoms with E-state index in [0.717, 1.165) is 28.7 Å². The summed E-state index contributed by atoms with van der Waals surface area (Å²) in [6.07, 6.45) is 3.53. The van der Waals surface area contributed by atoms with E-state index in [1.807, 2.05) is 42.7 Å². The Morgan fingerprint density at radius 1 is 1.03 bits per heavy atom. The van der Waals surface area contributed by atoms with Crippen molar-refractivity contribution >= 4 is 46.9 Å². The summed E-state index contributed by atoms with van der Waals surface area (Å²) in [6, 6.07) is 19.1. The molecule has 3 aromatic carbocycles. The van der Waals surface area contributed by atoms with E-state index in [1.54, 1.807) is 55.7 Å². The molecule has 0 saturated carbocycles. The number of carboxylic acid groups (broad SMARTS) is 1. The van der Waals surface area contributed by atoms with Crippen molar-refractivity contribution in [3.8, 4) is 22.8 Å². The first-order valence-corrected chi connectivity index (χ1v) is 22.9. The van der Waals surface area contributed by atoms with Crippen molar-refractivity contribution in [1.29, 1.82) is 0 Å². The average Bonchev–Trinajstić information content (AvgIpc) is 3.66. The van der Waals surface area contributed by atoms with Gasteiger partial charge >= 0.3 is 5.97 Å². The number of ether oxygens (including phenoxy) is 1. The minimum Gasteiger partial charge on any atom is -0.619 e. The molecule has 1 saturated heterocycles. The highest BCUT2D eigenvalue weighted by atomic mass is 35.5. The SMILES string of the molecule is CC(NCc1c(F)cc(Cl)cc1Oc1ccc(-c2cnc(CN(C)C)n2C)cc1)C(=O)NC(CO)C(=O)N(C)[C@@]1(Cc2ccc(Cl)cc2)CCCN(C(=O)C(CC(=O)O)Cc2cccc[n+]2[O-])C1. The number of aliphatic hydroxyl groups excluding tert-OH is 1. The molecule has 68 heavy (non-hydrogen) atoms. The molecular formula is C49H57Cl2FN8O8. The number of pyridine rings is 1. The summed E-state index contributed by atoms with van der Waals surface area (Å²) in [5, 5.41) is 39.1. The number of imidazole rings is 1. The van der Waals surface area contributed by atoms with Crippen LogP contribution in [-0.2, 0) is 52.2 Å². The van der Waals surface area contributed by atoms with Crippen LogP contribution in [0.25, 0.3) is 11.3 Å². The van der Waals surface area contributed by atoms with Crippen LogP contribution in [0.4, 0.5) is 4.39 Å². The number of carboxylic acids is 1. The number of likely N-dealkylation sites (N-methyl/N-ethyl adjacent to an activating group) is 1. The van der Waals surface area contributed by atoms with Crippen LogP contribution in [0.5, 0.6) is 11.5 Å². The van der Waals surface area contributed by atoms with Crippen molar-refractivity contribution in [3.63, 3.8) is 0 Å². The van der Waals surface area contributed by atoms with Crippen LogP contribution in [0.15, 0.2) is 91.3 Å². The van der Waals surface area contributed by atoms with Gasteiger partial charge in [-0.1, -0.05) is 41.4 Å². The Morgan fingerprint density at radius 3 is 2.41 bits per heavy atom. The number of halogens is 3. The molecule has 3 unspecified atom stereocenters. The number of aromatic nitrogens is 3. The predicted octanol–water partition coefficient (Wildman–Crippen LogP) is 5.37. The molecule has 1 aliphatic rings. The standard InChI is InChI=1S/C49H57Cl2FN8O8/c1-31(53-26-39-40(52)23-36(51)24-43(39)68-38-16-12-33(13-17-38)42-27-54-44(57(42)4)28-56(2)3)46(64)55-41(29-61)48(66)58(5)49(25-32-10-14-35(50)15-11-32)18-8-19-59(30-49)47(65)34(22-45(62)63)21-37-9-6-7-20-60(37)67/h6-7,9-17,20,23-24,27,31,34,41,53,61H,8,18-19,21-22,25-26,28-30H2,1-5H3,(H,55,64)(H,62,63)/t31?,34?,41?,49-/m1/s1. The number of nitrogens with one attached hydrogen (secondary N) is 2. The molecule has 6 rings (SSSR count). The van der Waals surface area contributed by atoms with Gasteiger partial charge < -0.3 is 50.1 Å². The van der Waals surface area contributed by atoms with Crippen LogP contribution < -0.4 is 20.1 Å². The van der Waals surface area contributed by atoms with Crippen molar-refractivity contribution in [2.75, 3.05) is 40.8 Å². The molecule has 3 heterocycles. The monoisotopic (exact) mass is 974 g/mol. The molecular weight excluding hydrogens is 918 g/mol. The second-order valence-corrected chi connectivity index (χ2v) is 18.4. The first-order chi connectivity index (χ1) is 32.4. The highest BCUT2D eigenvalue weighted by molar-refractivity contribution is 6.31. The lowest BCUT2D eigenvalue weighted by Crippen LogP contribution is -2.65. The molecule has 2 aromatic heterocycles. The lowest BCUT2D eigenvalue weighted by Gasteiger charge is -2.49. The molecule has 4 N–H and O–H groups in total. The highest BCUT2D eigenvalue weighted by Gasteiger charge is 2.45. The van der Waals surface area contributed by atoms with Crippen molar-refractivity contribution in [2.24, 2.45) is 13.0 Å². The third-order valence-electron chi connectivity index (χ3n) is 12.3. The van der Waals surface area contributed by atoms with E-state index in [4.69, 9.17) is 27.9 Å². The van der Waals surface area contributed by atoms with Gasteiger partial charge in [0.25, 0.3) is 0 Å². The third kappa shape index (κ3) is 12.7. The molecule has 16 nitrogen and oxygen atoms in total. The van der Waals surface area contributed by atoms with Crippen LogP contribution in [0.1, 0.15) is 48.8 Å². The molecule has 0 aliphatic carbocycles. The van der Waals surface area contributed by atoms with Gasteiger partial charge in [-0.2, -0.15) is 4.73 Å². The van der Waals surface area contributed by atoms with Crippen molar-refractivity contribution in [3.05, 3.63) is 135 Å². The average molecular weight is 976 g/mol. The Balaban J connectivity index is 1.15. The van der Waals surface area contributed by atoms with E-state index in [2.05, 4.69) is 15.6 Å². The number of hydrogen-bond donors (Lipinski definition) is 4. The number of aliphatic hydroxyl groups is 1. The minimum absolute atomic E-state index is 0.00742. The van der Waals surface area contributed by atoms with E-state index >= 15 is 4.39 Å². The molecule has 1 aliphatic heterocycles. The normalized spacial score (nSPS) is 16.2. The molecule has 0 spiro atoms. The van der Waals surface area contributed by atoms with Crippen LogP contribution in [0.3, 0.4) is 0 Å². The van der Waals surface area contributed by atoms with Gasteiger partial charge in [0.15, 0.2) is 11.9 Å². The maximum absolute atomic E-state index is 15.6. The molecule has 3 amide bonds. The van der Waals surface area contributed by atoms with E-state index in [1.165, 1.54) is 41.1 Å². The number of hydrogen-bond acceptors (Lipinski definition) is 10. The van der Waals surface area contributed by atoms with Gasteiger partial charge in [0.05, 0.1) is 49.0 Å². The summed E-state index contributed by atoms with van der Waals surface area (Å²) in [6.45, 7) is 1.51. The summed E-state index contributed by atoms with van der Waals surface area (Å²) < 4.78 is 24.3. The van der Waals surface area contributed by atoms with Crippen molar-refractivity contribution in [1.82, 2.24) is 34.9 Å². The zero-order valence-corrected chi connectivity index (χ0v) is 40.1. The second kappa shape index (κ2) is 22.8. The molecule has 0 bridgehead atoms. The maximum Gasteiger partial charge on any atom is 0.304 e. The molecule has 1 fully saturated rings. The first-order valence-electron chi connectivity index (χ1n) is 22.1. The number of piperidine rings is 1. The summed E-state index contributed by atoms with van der Waals surface area (Å²) in [5.74, 6) is -3.31. The van der Waals surface area contributed by atoms with Gasteiger partial charge in [0.2, 0.25) is 17.7 Å². The van der Waals surface area contributed by atoms with Gasteiger partial charge in [-0.25, -0.2) is 9.37 Å². The van der Waals surface area contributed by atoms with Crippen LogP contribution in [0.2, 0.25) is 10.0 Å². The number of nitrogens with zero attached hydrogens (tertiary/aromatic N) is 6. The second-order valence-electron chi connectivity index (χ2n) is 17.5. The molecule has 4 atom stereocenters. The van der Waals surface area contributed by atoms with Crippen molar-refractivity contribution in [2.45, 2.75) is 69.7 Å². The number of carbonyl (C=O) groups is 4. The Kier molecular flexibility index (Phi) is 17.2. The fourth-order valence-corrected chi connectivity index (χ4v) is 8.84. The van der Waals surface area contributed by atoms with Crippen molar-refractivity contribution < 1.29 is 43.2 Å². The Bertz CT molecular complexity index is 2580. The summed E-state index contributed by atoms with van der Waals surface area (Å²) in [7, 11) is 7.43. The van der Waals surface area contributed by atoms with Gasteiger partial charge in [-0.05, 0) is 94.4 Å². The summed E-state index contributed by atoms with van der Waals surface area (Å²) in [5.41, 5.74) is 1.84.